The van der Waals surface area contributed by atoms with Gasteiger partial charge in [0, 0.05) is 51.9 Å². The van der Waals surface area contributed by atoms with Crippen molar-refractivity contribution in [2.24, 2.45) is 16.3 Å². The summed E-state index contributed by atoms with van der Waals surface area (Å²) in [5.41, 5.74) is 1.24. The first-order chi connectivity index (χ1) is 11.9. The molecule has 1 aliphatic rings. The van der Waals surface area contributed by atoms with Gasteiger partial charge in [0.1, 0.15) is 6.26 Å². The molecule has 0 aromatic carbocycles. The summed E-state index contributed by atoms with van der Waals surface area (Å²) in [4.78, 5) is 9.75. The molecular formula is C19H35N5O. The number of piperazine rings is 1. The minimum Gasteiger partial charge on any atom is -0.364 e. The molecule has 0 amide bonds. The molecule has 0 spiro atoms. The highest BCUT2D eigenvalue weighted by Crippen LogP contribution is 2.25. The first kappa shape index (κ1) is 19.8. The molecule has 0 bridgehead atoms. The van der Waals surface area contributed by atoms with Gasteiger partial charge < -0.3 is 14.7 Å². The Hall–Kier alpha value is -1.56. The molecule has 0 saturated carbocycles. The summed E-state index contributed by atoms with van der Waals surface area (Å²) < 4.78 is 4.92. The third-order valence-corrected chi connectivity index (χ3v) is 4.50. The summed E-state index contributed by atoms with van der Waals surface area (Å²) in [5.74, 6) is 1.76. The highest BCUT2D eigenvalue weighted by atomic mass is 16.5. The molecule has 25 heavy (non-hydrogen) atoms. The van der Waals surface area contributed by atoms with E-state index >= 15 is 0 Å². The van der Waals surface area contributed by atoms with Crippen LogP contribution < -0.4 is 5.32 Å². The zero-order valence-corrected chi connectivity index (χ0v) is 16.6. The first-order valence-electron chi connectivity index (χ1n) is 9.54. The van der Waals surface area contributed by atoms with E-state index in [2.05, 4.69) is 54.9 Å². The smallest absolute Gasteiger partial charge is 0.194 e. The van der Waals surface area contributed by atoms with Gasteiger partial charge in [-0.25, -0.2) is 0 Å². The van der Waals surface area contributed by atoms with Crippen molar-refractivity contribution in [1.82, 2.24) is 20.3 Å². The van der Waals surface area contributed by atoms with E-state index in [0.717, 1.165) is 57.5 Å². The number of nitrogens with one attached hydrogen (secondary N) is 1. The van der Waals surface area contributed by atoms with Crippen LogP contribution in [0.1, 0.15) is 46.7 Å². The van der Waals surface area contributed by atoms with Crippen molar-refractivity contribution in [3.8, 4) is 0 Å². The Morgan fingerprint density at radius 2 is 2.04 bits per heavy atom. The molecule has 0 radical (unpaired) electrons. The van der Waals surface area contributed by atoms with Crippen LogP contribution in [0.2, 0.25) is 0 Å². The predicted octanol–water partition coefficient (Wildman–Crippen LogP) is 2.83. The fourth-order valence-corrected chi connectivity index (χ4v) is 3.55. The molecule has 0 aliphatic carbocycles. The Labute approximate surface area is 152 Å². The number of nitrogens with zero attached hydrogens (tertiary/aromatic N) is 4. The maximum Gasteiger partial charge on any atom is 0.194 e. The largest absolute Gasteiger partial charge is 0.364 e. The van der Waals surface area contributed by atoms with Crippen LogP contribution in [0.3, 0.4) is 0 Å². The second-order valence-corrected chi connectivity index (χ2v) is 8.19. The molecule has 0 atom stereocenters. The predicted molar refractivity (Wildman–Crippen MR) is 103 cm³/mol. The molecule has 2 rings (SSSR count). The van der Waals surface area contributed by atoms with Crippen molar-refractivity contribution < 1.29 is 4.52 Å². The molecule has 1 N–H and O–H groups in total. The lowest BCUT2D eigenvalue weighted by Crippen LogP contribution is -2.52. The van der Waals surface area contributed by atoms with Gasteiger partial charge in [0.25, 0.3) is 0 Å². The van der Waals surface area contributed by atoms with Gasteiger partial charge in [0.15, 0.2) is 5.96 Å². The summed E-state index contributed by atoms with van der Waals surface area (Å²) in [6, 6.07) is 1.94. The van der Waals surface area contributed by atoms with Crippen molar-refractivity contribution in [1.29, 1.82) is 0 Å². The summed E-state index contributed by atoms with van der Waals surface area (Å²) in [5, 5.41) is 7.48. The molecule has 142 valence electrons. The Morgan fingerprint density at radius 1 is 1.32 bits per heavy atom. The molecule has 1 aromatic rings. The van der Waals surface area contributed by atoms with Crippen LogP contribution >= 0.6 is 0 Å². The highest BCUT2D eigenvalue weighted by Gasteiger charge is 2.23. The van der Waals surface area contributed by atoms with Crippen LogP contribution in [0, 0.1) is 11.3 Å². The fraction of sp³-hybridized carbons (Fsp3) is 0.789. The van der Waals surface area contributed by atoms with E-state index in [1.165, 1.54) is 6.42 Å². The fourth-order valence-electron chi connectivity index (χ4n) is 3.55. The number of aromatic nitrogens is 1. The van der Waals surface area contributed by atoms with Gasteiger partial charge in [0.05, 0.1) is 5.69 Å². The second kappa shape index (κ2) is 9.22. The lowest BCUT2D eigenvalue weighted by molar-refractivity contribution is 0.168. The van der Waals surface area contributed by atoms with Crippen molar-refractivity contribution in [3.63, 3.8) is 0 Å². The topological polar surface area (TPSA) is 56.9 Å². The number of aliphatic imine (C=N–C) groups is 1. The molecule has 1 aliphatic heterocycles. The van der Waals surface area contributed by atoms with Gasteiger partial charge in [0.2, 0.25) is 0 Å². The van der Waals surface area contributed by atoms with Crippen LogP contribution in [0.5, 0.6) is 0 Å². The lowest BCUT2D eigenvalue weighted by atomic mass is 9.84. The average molecular weight is 350 g/mol. The monoisotopic (exact) mass is 349 g/mol. The third kappa shape index (κ3) is 6.69. The van der Waals surface area contributed by atoms with Gasteiger partial charge in [-0.05, 0) is 24.7 Å². The van der Waals surface area contributed by atoms with E-state index in [4.69, 9.17) is 9.52 Å². The van der Waals surface area contributed by atoms with Gasteiger partial charge in [-0.15, -0.1) is 0 Å². The van der Waals surface area contributed by atoms with Crippen LogP contribution in [0.25, 0.3) is 0 Å². The normalized spacial score (nSPS) is 17.4. The molecule has 6 nitrogen and oxygen atoms in total. The summed E-state index contributed by atoms with van der Waals surface area (Å²) >= 11 is 0. The maximum atomic E-state index is 4.95. The Morgan fingerprint density at radius 3 is 2.60 bits per heavy atom. The van der Waals surface area contributed by atoms with E-state index in [9.17, 15) is 0 Å². The van der Waals surface area contributed by atoms with Crippen LogP contribution in [0.4, 0.5) is 0 Å². The quantitative estimate of drug-likeness (QED) is 0.606. The van der Waals surface area contributed by atoms with Crippen LogP contribution in [-0.4, -0.2) is 60.2 Å². The SMILES string of the molecule is CCNC(=NCC(C)(C)CC(C)C)N1CCN(Cc2ccon2)CC1. The van der Waals surface area contributed by atoms with Gasteiger partial charge >= 0.3 is 0 Å². The van der Waals surface area contributed by atoms with E-state index < -0.39 is 0 Å². The minimum atomic E-state index is 0.240. The maximum absolute atomic E-state index is 4.95. The molecule has 1 saturated heterocycles. The standard InChI is InChI=1S/C19H35N5O/c1-6-20-18(21-15-19(4,5)13-16(2)3)24-10-8-23(9-11-24)14-17-7-12-25-22-17/h7,12,16H,6,8-11,13-15H2,1-5H3,(H,20,21). The van der Waals surface area contributed by atoms with E-state index in [0.29, 0.717) is 5.92 Å². The lowest BCUT2D eigenvalue weighted by Gasteiger charge is -2.36. The number of guanidine groups is 1. The summed E-state index contributed by atoms with van der Waals surface area (Å²) in [6.45, 7) is 18.0. The van der Waals surface area contributed by atoms with Crippen molar-refractivity contribution in [2.45, 2.75) is 47.6 Å². The molecule has 0 unspecified atom stereocenters. The molecule has 2 heterocycles. The van der Waals surface area contributed by atoms with Crippen molar-refractivity contribution in [2.75, 3.05) is 39.3 Å². The van der Waals surface area contributed by atoms with E-state index in [-0.39, 0.29) is 5.41 Å². The molecule has 1 fully saturated rings. The van der Waals surface area contributed by atoms with Crippen LogP contribution in [0.15, 0.2) is 21.8 Å². The zero-order valence-electron chi connectivity index (χ0n) is 16.6. The Balaban J connectivity index is 1.88. The summed E-state index contributed by atoms with van der Waals surface area (Å²) in [7, 11) is 0. The molecule has 6 heteroatoms. The third-order valence-electron chi connectivity index (χ3n) is 4.50. The summed E-state index contributed by atoms with van der Waals surface area (Å²) in [6.07, 6.45) is 2.84. The molecular weight excluding hydrogens is 314 g/mol. The second-order valence-electron chi connectivity index (χ2n) is 8.19. The van der Waals surface area contributed by atoms with Crippen LogP contribution in [-0.2, 0) is 6.54 Å². The number of hydrogen-bond acceptors (Lipinski definition) is 4. The highest BCUT2D eigenvalue weighted by molar-refractivity contribution is 5.80. The Bertz CT molecular complexity index is 516. The number of rotatable bonds is 7. The van der Waals surface area contributed by atoms with Gasteiger partial charge in [-0.1, -0.05) is 32.9 Å². The van der Waals surface area contributed by atoms with E-state index in [1.54, 1.807) is 6.26 Å². The number of hydrogen-bond donors (Lipinski definition) is 1. The molecule has 1 aromatic heterocycles. The zero-order chi connectivity index (χ0) is 18.3. The first-order valence-corrected chi connectivity index (χ1v) is 9.54. The van der Waals surface area contributed by atoms with Crippen molar-refractivity contribution in [3.05, 3.63) is 18.0 Å². The van der Waals surface area contributed by atoms with E-state index in [1.807, 2.05) is 6.07 Å². The van der Waals surface area contributed by atoms with Crippen molar-refractivity contribution >= 4 is 5.96 Å². The Kier molecular flexibility index (Phi) is 7.29. The van der Waals surface area contributed by atoms with Gasteiger partial charge in [-0.3, -0.25) is 9.89 Å². The average Bonchev–Trinajstić information content (AvgIpc) is 3.04. The minimum absolute atomic E-state index is 0.240. The van der Waals surface area contributed by atoms with Gasteiger partial charge in [-0.2, -0.15) is 0 Å².